The summed E-state index contributed by atoms with van der Waals surface area (Å²) in [5, 5.41) is 49.8. The van der Waals surface area contributed by atoms with Crippen LogP contribution in [0.25, 0.3) is 0 Å². The first-order valence-electron chi connectivity index (χ1n) is 19.4. The van der Waals surface area contributed by atoms with Gasteiger partial charge in [-0.3, -0.25) is 18.6 Å². The highest BCUT2D eigenvalue weighted by Crippen LogP contribution is 2.47. The molecule has 0 radical (unpaired) electrons. The molecule has 0 aromatic rings. The second kappa shape index (κ2) is 30.1. The standard InChI is InChI=1S/C39H67O13P/c1-3-5-7-9-11-12-13-14-15-16-17-18-19-20-22-23-25-27-32(40)49-29-31(51-33(41)28-26-24-21-10-8-6-4-2)30-50-53(47,48)52-39-37(45)35(43)34(42)36(44)38(39)46/h7,9,12-13,15-16,18-19,31,34-39,42-46H,3-6,8,10-11,14,17,20-30H2,1-2H3,(H,47,48)/b9-7+,13-12+,16-15+,19-18+/t31-,34?,35-,36?,37?,38?,39?/m0/s1. The summed E-state index contributed by atoms with van der Waals surface area (Å²) in [6, 6.07) is 0. The summed E-state index contributed by atoms with van der Waals surface area (Å²) in [4.78, 5) is 35.3. The third-order valence-corrected chi connectivity index (χ3v) is 9.64. The molecule has 8 atom stereocenters. The third kappa shape index (κ3) is 23.4. The smallest absolute Gasteiger partial charge is 0.462 e. The first-order valence-corrected chi connectivity index (χ1v) is 20.9. The lowest BCUT2D eigenvalue weighted by Crippen LogP contribution is -2.64. The predicted octanol–water partition coefficient (Wildman–Crippen LogP) is 6.05. The molecule has 53 heavy (non-hydrogen) atoms. The largest absolute Gasteiger partial charge is 0.472 e. The van der Waals surface area contributed by atoms with Crippen LogP contribution in [0.1, 0.15) is 129 Å². The fourth-order valence-electron chi connectivity index (χ4n) is 5.45. The van der Waals surface area contributed by atoms with Gasteiger partial charge in [-0.05, 0) is 51.4 Å². The van der Waals surface area contributed by atoms with Gasteiger partial charge in [-0.1, -0.05) is 114 Å². The van der Waals surface area contributed by atoms with Crippen LogP contribution in [0.2, 0.25) is 0 Å². The molecule has 13 nitrogen and oxygen atoms in total. The van der Waals surface area contributed by atoms with Gasteiger partial charge in [0.2, 0.25) is 0 Å². The van der Waals surface area contributed by atoms with Crippen LogP contribution in [0, 0.1) is 0 Å². The second-order valence-electron chi connectivity index (χ2n) is 13.4. The molecule has 14 heteroatoms. The fourth-order valence-corrected chi connectivity index (χ4v) is 6.42. The number of unbranched alkanes of at least 4 members (excludes halogenated alkanes) is 10. The molecule has 1 saturated carbocycles. The van der Waals surface area contributed by atoms with Crippen LogP contribution in [-0.2, 0) is 32.7 Å². The maximum absolute atomic E-state index is 12.7. The summed E-state index contributed by atoms with van der Waals surface area (Å²) >= 11 is 0. The van der Waals surface area contributed by atoms with Crippen molar-refractivity contribution in [2.24, 2.45) is 0 Å². The number of rotatable bonds is 30. The number of hydrogen-bond acceptors (Lipinski definition) is 12. The van der Waals surface area contributed by atoms with E-state index in [1.165, 1.54) is 6.42 Å². The van der Waals surface area contributed by atoms with Gasteiger partial charge in [0.05, 0.1) is 6.61 Å². The van der Waals surface area contributed by atoms with E-state index < -0.39 is 75.7 Å². The number of phosphoric acid groups is 1. The van der Waals surface area contributed by atoms with Gasteiger partial charge < -0.3 is 39.9 Å². The average molecular weight is 775 g/mol. The van der Waals surface area contributed by atoms with Crippen LogP contribution in [0.5, 0.6) is 0 Å². The molecule has 0 saturated heterocycles. The number of aliphatic hydroxyl groups is 5. The van der Waals surface area contributed by atoms with Crippen molar-refractivity contribution in [2.75, 3.05) is 13.2 Å². The van der Waals surface area contributed by atoms with E-state index in [2.05, 4.69) is 62.5 Å². The number of allylic oxidation sites excluding steroid dienone is 8. The monoisotopic (exact) mass is 774 g/mol. The predicted molar refractivity (Wildman–Crippen MR) is 203 cm³/mol. The Morgan fingerprint density at radius 3 is 1.62 bits per heavy atom. The fraction of sp³-hybridized carbons (Fsp3) is 0.744. The summed E-state index contributed by atoms with van der Waals surface area (Å²) in [5.74, 6) is -1.15. The average Bonchev–Trinajstić information content (AvgIpc) is 3.13. The molecule has 306 valence electrons. The molecule has 0 aromatic carbocycles. The summed E-state index contributed by atoms with van der Waals surface area (Å²) < 4.78 is 33.2. The lowest BCUT2D eigenvalue weighted by atomic mass is 9.85. The first kappa shape index (κ1) is 48.8. The van der Waals surface area contributed by atoms with Crippen LogP contribution in [0.4, 0.5) is 0 Å². The Labute approximate surface area is 316 Å². The van der Waals surface area contributed by atoms with Gasteiger partial charge in [0.25, 0.3) is 0 Å². The molecular formula is C39H67O13P. The molecule has 0 spiro atoms. The van der Waals surface area contributed by atoms with Crippen molar-refractivity contribution in [3.8, 4) is 0 Å². The normalized spacial score (nSPS) is 24.0. The quantitative estimate of drug-likeness (QED) is 0.0213. The van der Waals surface area contributed by atoms with Crippen molar-refractivity contribution in [3.05, 3.63) is 48.6 Å². The lowest BCUT2D eigenvalue weighted by molar-refractivity contribution is -0.220. The van der Waals surface area contributed by atoms with Crippen LogP contribution in [-0.4, -0.2) is 98.3 Å². The van der Waals surface area contributed by atoms with Crippen molar-refractivity contribution in [1.29, 1.82) is 0 Å². The number of ether oxygens (including phenoxy) is 2. The van der Waals surface area contributed by atoms with Gasteiger partial charge in [-0.15, -0.1) is 0 Å². The van der Waals surface area contributed by atoms with E-state index in [1.807, 2.05) is 0 Å². The lowest BCUT2D eigenvalue weighted by Gasteiger charge is -2.41. The maximum Gasteiger partial charge on any atom is 0.472 e. The number of aliphatic hydroxyl groups excluding tert-OH is 5. The van der Waals surface area contributed by atoms with Gasteiger partial charge in [0.1, 0.15) is 43.2 Å². The van der Waals surface area contributed by atoms with Gasteiger partial charge in [0, 0.05) is 12.8 Å². The van der Waals surface area contributed by atoms with Crippen LogP contribution in [0.3, 0.4) is 0 Å². The minimum atomic E-state index is -5.11. The molecule has 0 bridgehead atoms. The maximum atomic E-state index is 12.7. The number of carbonyl (C=O) groups excluding carboxylic acids is 2. The second-order valence-corrected chi connectivity index (χ2v) is 14.8. The molecule has 1 rings (SSSR count). The molecule has 1 fully saturated rings. The SMILES string of the molecule is CCC/C=C/C/C=C/C/C=C/C/C=C/CCCCCC(=O)OC[C@@H](COP(=O)(O)OC1C(O)C(O)C(O)[C@H](O)C1O)OC(=O)CCCCCCCCC. The van der Waals surface area contributed by atoms with E-state index in [0.29, 0.717) is 12.8 Å². The van der Waals surface area contributed by atoms with Gasteiger partial charge >= 0.3 is 19.8 Å². The topological polar surface area (TPSA) is 210 Å². The third-order valence-electron chi connectivity index (χ3n) is 8.65. The summed E-state index contributed by atoms with van der Waals surface area (Å²) in [7, 11) is -5.11. The summed E-state index contributed by atoms with van der Waals surface area (Å²) in [6.45, 7) is 3.10. The Morgan fingerprint density at radius 2 is 1.06 bits per heavy atom. The number of phosphoric ester groups is 1. The Kier molecular flexibility index (Phi) is 27.7. The highest BCUT2D eigenvalue weighted by molar-refractivity contribution is 7.47. The van der Waals surface area contributed by atoms with E-state index in [-0.39, 0.29) is 12.8 Å². The zero-order chi connectivity index (χ0) is 39.3. The van der Waals surface area contributed by atoms with Crippen LogP contribution in [0.15, 0.2) is 48.6 Å². The van der Waals surface area contributed by atoms with Crippen molar-refractivity contribution >= 4 is 19.8 Å². The Balaban J connectivity index is 2.51. The molecule has 0 aromatic heterocycles. The van der Waals surface area contributed by atoms with Crippen molar-refractivity contribution in [2.45, 2.75) is 172 Å². The van der Waals surface area contributed by atoms with Gasteiger partial charge in [-0.2, -0.15) is 0 Å². The number of carbonyl (C=O) groups is 2. The van der Waals surface area contributed by atoms with E-state index in [1.54, 1.807) is 0 Å². The number of hydrogen-bond donors (Lipinski definition) is 6. The van der Waals surface area contributed by atoms with Gasteiger partial charge in [-0.25, -0.2) is 4.57 Å². The molecule has 1 aliphatic rings. The van der Waals surface area contributed by atoms with Crippen molar-refractivity contribution < 1.29 is 63.1 Å². The minimum absolute atomic E-state index is 0.0867. The molecule has 0 heterocycles. The minimum Gasteiger partial charge on any atom is -0.462 e. The van der Waals surface area contributed by atoms with E-state index >= 15 is 0 Å². The highest BCUT2D eigenvalue weighted by atomic mass is 31.2. The molecule has 6 unspecified atom stereocenters. The van der Waals surface area contributed by atoms with Crippen LogP contribution < -0.4 is 0 Å². The molecule has 6 N–H and O–H groups in total. The zero-order valence-corrected chi connectivity index (χ0v) is 32.7. The number of esters is 2. The highest BCUT2D eigenvalue weighted by Gasteiger charge is 2.51. The van der Waals surface area contributed by atoms with E-state index in [4.69, 9.17) is 18.5 Å². The Bertz CT molecular complexity index is 1120. The van der Waals surface area contributed by atoms with Crippen LogP contribution >= 0.6 is 7.82 Å². The Hall–Kier alpha value is -2.19. The Morgan fingerprint density at radius 1 is 0.585 bits per heavy atom. The van der Waals surface area contributed by atoms with Crippen molar-refractivity contribution in [3.63, 3.8) is 0 Å². The van der Waals surface area contributed by atoms with E-state index in [0.717, 1.165) is 83.5 Å². The van der Waals surface area contributed by atoms with E-state index in [9.17, 15) is 44.6 Å². The molecule has 0 aliphatic heterocycles. The molecule has 0 amide bonds. The molecular weight excluding hydrogens is 707 g/mol. The summed E-state index contributed by atoms with van der Waals surface area (Å²) in [5.41, 5.74) is 0. The van der Waals surface area contributed by atoms with Gasteiger partial charge in [0.15, 0.2) is 6.10 Å². The summed E-state index contributed by atoms with van der Waals surface area (Å²) in [6.07, 6.45) is 19.3. The first-order chi connectivity index (χ1) is 25.4. The molecule has 1 aliphatic carbocycles. The zero-order valence-electron chi connectivity index (χ0n) is 31.8. The van der Waals surface area contributed by atoms with Crippen molar-refractivity contribution in [1.82, 2.24) is 0 Å².